The van der Waals surface area contributed by atoms with E-state index in [-0.39, 0.29) is 0 Å². The van der Waals surface area contributed by atoms with Crippen molar-refractivity contribution in [3.05, 3.63) is 255 Å². The highest BCUT2D eigenvalue weighted by Gasteiger charge is 2.26. The number of benzene rings is 11. The van der Waals surface area contributed by atoms with Crippen LogP contribution in [0.2, 0.25) is 0 Å². The quantitative estimate of drug-likeness (QED) is 0.139. The number of fused-ring (bicyclic) bond motifs is 6. The molecule has 0 saturated heterocycles. The lowest BCUT2D eigenvalue weighted by atomic mass is 9.87. The van der Waals surface area contributed by atoms with Crippen LogP contribution in [0.25, 0.3) is 93.5 Å². The van der Waals surface area contributed by atoms with Crippen LogP contribution >= 0.6 is 0 Å². The van der Waals surface area contributed by atoms with Gasteiger partial charge in [0.15, 0.2) is 0 Å². The van der Waals surface area contributed by atoms with Gasteiger partial charge in [0.25, 0.3) is 0 Å². The van der Waals surface area contributed by atoms with E-state index in [9.17, 15) is 0 Å². The lowest BCUT2D eigenvalue weighted by Gasteiger charge is -2.30. The maximum Gasteiger partial charge on any atom is 0.0562 e. The van der Waals surface area contributed by atoms with Crippen LogP contribution in [-0.4, -0.2) is 4.57 Å². The van der Waals surface area contributed by atoms with Gasteiger partial charge in [-0.1, -0.05) is 200 Å². The van der Waals surface area contributed by atoms with E-state index in [1.54, 1.807) is 0 Å². The molecule has 12 rings (SSSR count). The minimum absolute atomic E-state index is 1.07. The zero-order valence-electron chi connectivity index (χ0n) is 35.1. The van der Waals surface area contributed by atoms with Gasteiger partial charge in [0.2, 0.25) is 0 Å². The molecule has 0 amide bonds. The van der Waals surface area contributed by atoms with Crippen LogP contribution in [0.1, 0.15) is 0 Å². The summed E-state index contributed by atoms with van der Waals surface area (Å²) in [6, 6.07) is 92.8. The number of hydrogen-bond donors (Lipinski definition) is 0. The van der Waals surface area contributed by atoms with Crippen molar-refractivity contribution in [1.82, 2.24) is 4.57 Å². The van der Waals surface area contributed by atoms with Crippen LogP contribution in [0.15, 0.2) is 255 Å². The predicted octanol–water partition coefficient (Wildman–Crippen LogP) is 17.2. The molecule has 0 spiro atoms. The van der Waals surface area contributed by atoms with Crippen LogP contribution in [0.5, 0.6) is 0 Å². The van der Waals surface area contributed by atoms with Gasteiger partial charge in [-0.05, 0) is 115 Å². The Bertz CT molecular complexity index is 3640. The van der Waals surface area contributed by atoms with Gasteiger partial charge in [-0.3, -0.25) is 0 Å². The van der Waals surface area contributed by atoms with E-state index >= 15 is 0 Å². The fourth-order valence-electron chi connectivity index (χ4n) is 9.88. The van der Waals surface area contributed by atoms with E-state index in [4.69, 9.17) is 0 Å². The molecule has 0 atom stereocenters. The van der Waals surface area contributed by atoms with Gasteiger partial charge in [0, 0.05) is 27.7 Å². The van der Waals surface area contributed by atoms with Crippen molar-refractivity contribution < 1.29 is 0 Å². The zero-order valence-corrected chi connectivity index (χ0v) is 35.1. The summed E-state index contributed by atoms with van der Waals surface area (Å²) < 4.78 is 2.41. The van der Waals surface area contributed by atoms with Crippen molar-refractivity contribution in [2.75, 3.05) is 4.90 Å². The van der Waals surface area contributed by atoms with E-state index in [0.717, 1.165) is 28.3 Å². The normalized spacial score (nSPS) is 11.4. The monoisotopic (exact) mass is 814 g/mol. The average molecular weight is 815 g/mol. The second kappa shape index (κ2) is 15.8. The second-order valence-corrected chi connectivity index (χ2v) is 16.4. The van der Waals surface area contributed by atoms with Crippen molar-refractivity contribution >= 4 is 60.4 Å². The Morgan fingerprint density at radius 1 is 0.297 bits per heavy atom. The first-order valence-electron chi connectivity index (χ1n) is 22.0. The third kappa shape index (κ3) is 6.35. The highest BCUT2D eigenvalue weighted by molar-refractivity contribution is 6.17. The van der Waals surface area contributed by atoms with Crippen molar-refractivity contribution in [3.8, 4) is 50.2 Å². The molecule has 0 aliphatic rings. The predicted molar refractivity (Wildman–Crippen MR) is 272 cm³/mol. The van der Waals surface area contributed by atoms with Crippen molar-refractivity contribution in [3.63, 3.8) is 0 Å². The summed E-state index contributed by atoms with van der Waals surface area (Å²) in [5.41, 5.74) is 16.1. The minimum atomic E-state index is 1.07. The lowest BCUT2D eigenvalue weighted by Crippen LogP contribution is -2.12. The second-order valence-electron chi connectivity index (χ2n) is 16.4. The maximum absolute atomic E-state index is 2.50. The lowest BCUT2D eigenvalue weighted by molar-refractivity contribution is 1.18. The van der Waals surface area contributed by atoms with Gasteiger partial charge >= 0.3 is 0 Å². The first-order valence-corrected chi connectivity index (χ1v) is 22.0. The topological polar surface area (TPSA) is 8.17 Å². The molecular weight excluding hydrogens is 773 g/mol. The molecule has 1 heterocycles. The van der Waals surface area contributed by atoms with Crippen molar-refractivity contribution in [2.24, 2.45) is 0 Å². The van der Waals surface area contributed by atoms with E-state index in [0.29, 0.717) is 0 Å². The molecule has 12 aromatic rings. The number of nitrogens with zero attached hydrogens (tertiary/aromatic N) is 2. The molecule has 0 aliphatic heterocycles. The standard InChI is InChI=1S/C62H42N2/c1-4-18-44(19-5-1)52-26-12-13-27-55(52)61-54(45-20-6-2-7-21-45)29-16-31-58(61)64(60-33-17-32-59-62(60)56-28-14-15-30-57(56)63(59)49-23-8-3-9-24-49)50-39-36-43(37-40-50)47-38-41-53-48(42-47)35-34-46-22-10-11-25-51(46)53/h1-42H. The number of anilines is 3. The van der Waals surface area contributed by atoms with E-state index < -0.39 is 0 Å². The summed E-state index contributed by atoms with van der Waals surface area (Å²) in [4.78, 5) is 2.50. The summed E-state index contributed by atoms with van der Waals surface area (Å²) in [7, 11) is 0. The van der Waals surface area contributed by atoms with Crippen LogP contribution < -0.4 is 4.90 Å². The van der Waals surface area contributed by atoms with E-state index in [1.165, 1.54) is 82.3 Å². The Hall–Kier alpha value is -8.46. The third-order valence-corrected chi connectivity index (χ3v) is 12.8. The van der Waals surface area contributed by atoms with Gasteiger partial charge in [-0.15, -0.1) is 0 Å². The van der Waals surface area contributed by atoms with Crippen molar-refractivity contribution in [1.29, 1.82) is 0 Å². The third-order valence-electron chi connectivity index (χ3n) is 12.8. The first kappa shape index (κ1) is 37.3. The molecule has 11 aromatic carbocycles. The Balaban J connectivity index is 1.13. The van der Waals surface area contributed by atoms with Gasteiger partial charge in [0.05, 0.1) is 22.4 Å². The molecule has 0 unspecified atom stereocenters. The fourth-order valence-corrected chi connectivity index (χ4v) is 9.88. The summed E-state index contributed by atoms with van der Waals surface area (Å²) in [6.45, 7) is 0. The molecule has 300 valence electrons. The number of hydrogen-bond acceptors (Lipinski definition) is 1. The average Bonchev–Trinajstić information content (AvgIpc) is 3.72. The molecule has 2 heteroatoms. The summed E-state index contributed by atoms with van der Waals surface area (Å²) in [5, 5.41) is 7.45. The minimum Gasteiger partial charge on any atom is -0.309 e. The molecule has 64 heavy (non-hydrogen) atoms. The molecule has 0 fully saturated rings. The molecular formula is C62H42N2. The van der Waals surface area contributed by atoms with E-state index in [1.807, 2.05) is 0 Å². The Kier molecular flexibility index (Phi) is 9.20. The summed E-state index contributed by atoms with van der Waals surface area (Å²) in [6.07, 6.45) is 0. The Labute approximate surface area is 373 Å². The SMILES string of the molecule is c1ccc(-c2ccccc2-c2c(-c3ccccc3)cccc2N(c2ccc(-c3ccc4c(ccc5ccccc54)c3)cc2)c2cccc3c2c2ccccc2n3-c2ccccc2)cc1. The highest BCUT2D eigenvalue weighted by Crippen LogP contribution is 2.50. The number of aromatic nitrogens is 1. The van der Waals surface area contributed by atoms with Gasteiger partial charge in [-0.25, -0.2) is 0 Å². The van der Waals surface area contributed by atoms with Crippen LogP contribution in [0.3, 0.4) is 0 Å². The molecule has 2 nitrogen and oxygen atoms in total. The van der Waals surface area contributed by atoms with Crippen LogP contribution in [0, 0.1) is 0 Å². The van der Waals surface area contributed by atoms with Crippen LogP contribution in [0.4, 0.5) is 17.1 Å². The molecule has 0 saturated carbocycles. The van der Waals surface area contributed by atoms with Crippen LogP contribution in [-0.2, 0) is 0 Å². The summed E-state index contributed by atoms with van der Waals surface area (Å²) in [5.74, 6) is 0. The van der Waals surface area contributed by atoms with E-state index in [2.05, 4.69) is 264 Å². The number of rotatable bonds is 8. The van der Waals surface area contributed by atoms with Gasteiger partial charge in [-0.2, -0.15) is 0 Å². The zero-order chi connectivity index (χ0) is 42.4. The first-order chi connectivity index (χ1) is 31.8. The Morgan fingerprint density at radius 3 is 1.62 bits per heavy atom. The molecule has 0 aliphatic carbocycles. The molecule has 0 bridgehead atoms. The smallest absolute Gasteiger partial charge is 0.0562 e. The Morgan fingerprint density at radius 2 is 0.844 bits per heavy atom. The molecule has 0 N–H and O–H groups in total. The van der Waals surface area contributed by atoms with Crippen molar-refractivity contribution in [2.45, 2.75) is 0 Å². The maximum atomic E-state index is 2.50. The van der Waals surface area contributed by atoms with Gasteiger partial charge in [0.1, 0.15) is 0 Å². The van der Waals surface area contributed by atoms with Gasteiger partial charge < -0.3 is 9.47 Å². The fraction of sp³-hybridized carbons (Fsp3) is 0. The highest BCUT2D eigenvalue weighted by atomic mass is 15.2. The number of para-hydroxylation sites is 2. The summed E-state index contributed by atoms with van der Waals surface area (Å²) >= 11 is 0. The molecule has 0 radical (unpaired) electrons. The largest absolute Gasteiger partial charge is 0.309 e. The molecule has 1 aromatic heterocycles.